The standard InChI is InChI=1S/C9H13N5S/c1-3-15-5-7-12-8(10)6-4-11-14(2)9(6)13-7/h4H,3,5H2,1-2H3,(H2,10,12,13). The second kappa shape index (κ2) is 4.06. The number of thioether (sulfide) groups is 1. The first-order valence-electron chi connectivity index (χ1n) is 4.74. The Morgan fingerprint density at radius 3 is 3.00 bits per heavy atom. The molecule has 0 aliphatic heterocycles. The maximum absolute atomic E-state index is 5.83. The molecular formula is C9H13N5S. The minimum atomic E-state index is 0.514. The van der Waals surface area contributed by atoms with Gasteiger partial charge in [0.25, 0.3) is 0 Å². The second-order valence-corrected chi connectivity index (χ2v) is 4.44. The number of nitrogen functional groups attached to an aromatic ring is 1. The van der Waals surface area contributed by atoms with Crippen LogP contribution in [0.5, 0.6) is 0 Å². The molecule has 0 fully saturated rings. The van der Waals surface area contributed by atoms with Crippen molar-refractivity contribution in [2.75, 3.05) is 11.5 Å². The molecule has 0 radical (unpaired) electrons. The normalized spacial score (nSPS) is 11.1. The molecule has 0 aliphatic rings. The van der Waals surface area contributed by atoms with E-state index in [-0.39, 0.29) is 0 Å². The Balaban J connectivity index is 2.45. The fourth-order valence-electron chi connectivity index (χ4n) is 1.35. The van der Waals surface area contributed by atoms with Crippen LogP contribution in [0.4, 0.5) is 5.82 Å². The third-order valence-corrected chi connectivity index (χ3v) is 2.97. The van der Waals surface area contributed by atoms with Crippen molar-refractivity contribution in [1.82, 2.24) is 19.7 Å². The van der Waals surface area contributed by atoms with E-state index in [0.717, 1.165) is 28.4 Å². The number of anilines is 1. The zero-order valence-electron chi connectivity index (χ0n) is 8.77. The van der Waals surface area contributed by atoms with E-state index in [1.807, 2.05) is 7.05 Å². The van der Waals surface area contributed by atoms with Crippen molar-refractivity contribution in [3.63, 3.8) is 0 Å². The first-order chi connectivity index (χ1) is 7.22. The Kier molecular flexibility index (Phi) is 2.77. The molecule has 15 heavy (non-hydrogen) atoms. The summed E-state index contributed by atoms with van der Waals surface area (Å²) in [6.07, 6.45) is 1.70. The number of aryl methyl sites for hydroxylation is 1. The van der Waals surface area contributed by atoms with E-state index in [4.69, 9.17) is 5.73 Å². The highest BCUT2D eigenvalue weighted by atomic mass is 32.2. The van der Waals surface area contributed by atoms with Crippen LogP contribution in [0.3, 0.4) is 0 Å². The molecule has 0 aliphatic carbocycles. The minimum Gasteiger partial charge on any atom is -0.383 e. The summed E-state index contributed by atoms with van der Waals surface area (Å²) >= 11 is 1.78. The summed E-state index contributed by atoms with van der Waals surface area (Å²) in [4.78, 5) is 8.67. The second-order valence-electron chi connectivity index (χ2n) is 3.17. The molecule has 0 unspecified atom stereocenters. The Hall–Kier alpha value is -1.30. The van der Waals surface area contributed by atoms with E-state index >= 15 is 0 Å². The summed E-state index contributed by atoms with van der Waals surface area (Å²) in [5, 5.41) is 4.93. The zero-order valence-corrected chi connectivity index (χ0v) is 9.58. The van der Waals surface area contributed by atoms with Gasteiger partial charge in [-0.2, -0.15) is 16.9 Å². The predicted octanol–water partition coefficient (Wildman–Crippen LogP) is 1.20. The Labute approximate surface area is 92.1 Å². The largest absolute Gasteiger partial charge is 0.383 e. The molecule has 0 aromatic carbocycles. The van der Waals surface area contributed by atoms with Crippen molar-refractivity contribution in [2.24, 2.45) is 7.05 Å². The Bertz CT molecular complexity index is 479. The lowest BCUT2D eigenvalue weighted by Crippen LogP contribution is -2.01. The van der Waals surface area contributed by atoms with Gasteiger partial charge in [0.2, 0.25) is 0 Å². The quantitative estimate of drug-likeness (QED) is 0.846. The summed E-state index contributed by atoms with van der Waals surface area (Å²) in [5.74, 6) is 3.13. The lowest BCUT2D eigenvalue weighted by Gasteiger charge is -2.01. The van der Waals surface area contributed by atoms with Crippen molar-refractivity contribution < 1.29 is 0 Å². The minimum absolute atomic E-state index is 0.514. The molecule has 2 N–H and O–H groups in total. The van der Waals surface area contributed by atoms with Crippen LogP contribution >= 0.6 is 11.8 Å². The molecule has 0 saturated heterocycles. The number of nitrogens with two attached hydrogens (primary N) is 1. The average molecular weight is 223 g/mol. The molecule has 6 heteroatoms. The molecule has 2 rings (SSSR count). The molecule has 2 heterocycles. The van der Waals surface area contributed by atoms with E-state index in [2.05, 4.69) is 22.0 Å². The molecule has 0 atom stereocenters. The molecule has 0 amide bonds. The van der Waals surface area contributed by atoms with Crippen LogP contribution in [0.15, 0.2) is 6.20 Å². The van der Waals surface area contributed by atoms with E-state index < -0.39 is 0 Å². The van der Waals surface area contributed by atoms with Crippen LogP contribution in [0, 0.1) is 0 Å². The number of fused-ring (bicyclic) bond motifs is 1. The first kappa shape index (κ1) is 10.2. The number of rotatable bonds is 3. The molecular weight excluding hydrogens is 210 g/mol. The molecule has 2 aromatic rings. The van der Waals surface area contributed by atoms with Gasteiger partial charge in [0.05, 0.1) is 17.3 Å². The van der Waals surface area contributed by atoms with Crippen molar-refractivity contribution >= 4 is 28.6 Å². The third kappa shape index (κ3) is 1.90. The highest BCUT2D eigenvalue weighted by Gasteiger charge is 2.08. The number of nitrogens with zero attached hydrogens (tertiary/aromatic N) is 4. The van der Waals surface area contributed by atoms with Gasteiger partial charge in [-0.05, 0) is 5.75 Å². The molecule has 0 spiro atoms. The van der Waals surface area contributed by atoms with Gasteiger partial charge in [-0.1, -0.05) is 6.92 Å². The van der Waals surface area contributed by atoms with Gasteiger partial charge < -0.3 is 5.73 Å². The Morgan fingerprint density at radius 2 is 2.27 bits per heavy atom. The summed E-state index contributed by atoms with van der Waals surface area (Å²) in [6, 6.07) is 0. The van der Waals surface area contributed by atoms with Gasteiger partial charge in [0, 0.05) is 7.05 Å². The van der Waals surface area contributed by atoms with Crippen molar-refractivity contribution in [2.45, 2.75) is 12.7 Å². The highest BCUT2D eigenvalue weighted by molar-refractivity contribution is 7.98. The van der Waals surface area contributed by atoms with E-state index in [0.29, 0.717) is 5.82 Å². The maximum atomic E-state index is 5.83. The SMILES string of the molecule is CCSCc1nc(N)c2cnn(C)c2n1. The van der Waals surface area contributed by atoms with Gasteiger partial charge in [0.1, 0.15) is 11.6 Å². The van der Waals surface area contributed by atoms with E-state index in [1.54, 1.807) is 22.6 Å². The van der Waals surface area contributed by atoms with E-state index in [1.165, 1.54) is 0 Å². The molecule has 5 nitrogen and oxygen atoms in total. The molecule has 2 aromatic heterocycles. The zero-order chi connectivity index (χ0) is 10.8. The summed E-state index contributed by atoms with van der Waals surface area (Å²) < 4.78 is 1.72. The first-order valence-corrected chi connectivity index (χ1v) is 5.89. The van der Waals surface area contributed by atoms with Gasteiger partial charge in [0.15, 0.2) is 5.65 Å². The van der Waals surface area contributed by atoms with Crippen LogP contribution < -0.4 is 5.73 Å². The van der Waals surface area contributed by atoms with E-state index in [9.17, 15) is 0 Å². The average Bonchev–Trinajstić information content (AvgIpc) is 2.58. The Morgan fingerprint density at radius 1 is 1.47 bits per heavy atom. The third-order valence-electron chi connectivity index (χ3n) is 2.10. The van der Waals surface area contributed by atoms with Crippen molar-refractivity contribution in [3.8, 4) is 0 Å². The van der Waals surface area contributed by atoms with Crippen molar-refractivity contribution in [3.05, 3.63) is 12.0 Å². The summed E-state index contributed by atoms with van der Waals surface area (Å²) in [7, 11) is 1.85. The summed E-state index contributed by atoms with van der Waals surface area (Å²) in [6.45, 7) is 2.11. The van der Waals surface area contributed by atoms with Crippen molar-refractivity contribution in [1.29, 1.82) is 0 Å². The monoisotopic (exact) mass is 223 g/mol. The summed E-state index contributed by atoms with van der Waals surface area (Å²) in [5.41, 5.74) is 6.63. The molecule has 0 saturated carbocycles. The topological polar surface area (TPSA) is 69.6 Å². The lowest BCUT2D eigenvalue weighted by molar-refractivity contribution is 0.782. The molecule has 0 bridgehead atoms. The van der Waals surface area contributed by atoms with Crippen LogP contribution in [-0.4, -0.2) is 25.5 Å². The van der Waals surface area contributed by atoms with Gasteiger partial charge >= 0.3 is 0 Å². The van der Waals surface area contributed by atoms with Crippen LogP contribution in [0.1, 0.15) is 12.7 Å². The van der Waals surface area contributed by atoms with Gasteiger partial charge in [-0.25, -0.2) is 9.97 Å². The van der Waals surface area contributed by atoms with Crippen LogP contribution in [0.2, 0.25) is 0 Å². The maximum Gasteiger partial charge on any atom is 0.163 e. The van der Waals surface area contributed by atoms with Crippen LogP contribution in [0.25, 0.3) is 11.0 Å². The lowest BCUT2D eigenvalue weighted by atomic mass is 10.4. The highest BCUT2D eigenvalue weighted by Crippen LogP contribution is 2.18. The number of hydrogen-bond acceptors (Lipinski definition) is 5. The number of hydrogen-bond donors (Lipinski definition) is 1. The fourth-order valence-corrected chi connectivity index (χ4v) is 1.86. The predicted molar refractivity (Wildman–Crippen MR) is 62.6 cm³/mol. The van der Waals surface area contributed by atoms with Gasteiger partial charge in [-0.3, -0.25) is 4.68 Å². The fraction of sp³-hybridized carbons (Fsp3) is 0.444. The molecule has 80 valence electrons. The van der Waals surface area contributed by atoms with Gasteiger partial charge in [-0.15, -0.1) is 0 Å². The van der Waals surface area contributed by atoms with Crippen LogP contribution in [-0.2, 0) is 12.8 Å². The number of aromatic nitrogens is 4. The smallest absolute Gasteiger partial charge is 0.163 e.